The highest BCUT2D eigenvalue weighted by molar-refractivity contribution is 5.56. The van der Waals surface area contributed by atoms with E-state index in [0.29, 0.717) is 0 Å². The molecule has 3 nitrogen and oxygen atoms in total. The molecule has 1 saturated heterocycles. The van der Waals surface area contributed by atoms with E-state index in [1.807, 2.05) is 0 Å². The van der Waals surface area contributed by atoms with E-state index in [0.717, 1.165) is 38.6 Å². The van der Waals surface area contributed by atoms with Crippen LogP contribution in [0.2, 0.25) is 0 Å². The number of nitrogens with zero attached hydrogens (tertiary/aromatic N) is 1. The standard InChI is InChI=1S/C15H22N2O/c16-14-5-8-17(11-12-6-9-18-10-7-12)15-4-2-1-3-13(14)15/h1-4,12,14H,5-11,16H2. The molecule has 3 heteroatoms. The second kappa shape index (κ2) is 5.29. The van der Waals surface area contributed by atoms with Crippen molar-refractivity contribution in [1.82, 2.24) is 0 Å². The summed E-state index contributed by atoms with van der Waals surface area (Å²) in [4.78, 5) is 2.52. The Kier molecular flexibility index (Phi) is 3.52. The van der Waals surface area contributed by atoms with E-state index in [-0.39, 0.29) is 6.04 Å². The van der Waals surface area contributed by atoms with Gasteiger partial charge in [-0.25, -0.2) is 0 Å². The molecule has 2 aliphatic rings. The molecule has 2 heterocycles. The van der Waals surface area contributed by atoms with E-state index in [2.05, 4.69) is 29.2 Å². The quantitative estimate of drug-likeness (QED) is 0.870. The van der Waals surface area contributed by atoms with Gasteiger partial charge in [0.05, 0.1) is 0 Å². The van der Waals surface area contributed by atoms with Crippen molar-refractivity contribution in [2.75, 3.05) is 31.2 Å². The molecule has 0 bridgehead atoms. The van der Waals surface area contributed by atoms with Crippen molar-refractivity contribution in [3.05, 3.63) is 29.8 Å². The zero-order chi connectivity index (χ0) is 12.4. The van der Waals surface area contributed by atoms with Crippen LogP contribution in [0, 0.1) is 5.92 Å². The number of fused-ring (bicyclic) bond motifs is 1. The number of hydrogen-bond donors (Lipinski definition) is 1. The zero-order valence-electron chi connectivity index (χ0n) is 10.8. The summed E-state index contributed by atoms with van der Waals surface area (Å²) in [5, 5.41) is 0. The molecule has 1 aromatic carbocycles. The normalized spacial score (nSPS) is 24.9. The number of anilines is 1. The van der Waals surface area contributed by atoms with Crippen LogP contribution < -0.4 is 10.6 Å². The summed E-state index contributed by atoms with van der Waals surface area (Å²) in [5.41, 5.74) is 8.86. The van der Waals surface area contributed by atoms with Crippen LogP contribution in [0.4, 0.5) is 5.69 Å². The number of para-hydroxylation sites is 1. The summed E-state index contributed by atoms with van der Waals surface area (Å²) in [6, 6.07) is 8.82. The number of nitrogens with two attached hydrogens (primary N) is 1. The Balaban J connectivity index is 1.75. The molecule has 1 aromatic rings. The van der Waals surface area contributed by atoms with Crippen molar-refractivity contribution >= 4 is 5.69 Å². The van der Waals surface area contributed by atoms with Gasteiger partial charge in [0.15, 0.2) is 0 Å². The maximum Gasteiger partial charge on any atom is 0.0469 e. The first kappa shape index (κ1) is 12.0. The lowest BCUT2D eigenvalue weighted by Crippen LogP contribution is -2.38. The molecule has 0 radical (unpaired) electrons. The van der Waals surface area contributed by atoms with Crippen molar-refractivity contribution < 1.29 is 4.74 Å². The average Bonchev–Trinajstić information content (AvgIpc) is 2.44. The Bertz CT molecular complexity index is 401. The minimum Gasteiger partial charge on any atom is -0.381 e. The lowest BCUT2D eigenvalue weighted by Gasteiger charge is -2.37. The molecular formula is C15H22N2O. The van der Waals surface area contributed by atoms with E-state index < -0.39 is 0 Å². The largest absolute Gasteiger partial charge is 0.381 e. The summed E-state index contributed by atoms with van der Waals surface area (Å²) < 4.78 is 5.44. The number of rotatable bonds is 2. The maximum atomic E-state index is 6.20. The topological polar surface area (TPSA) is 38.5 Å². The molecule has 2 aliphatic heterocycles. The molecule has 98 valence electrons. The fraction of sp³-hybridized carbons (Fsp3) is 0.600. The summed E-state index contributed by atoms with van der Waals surface area (Å²) in [5.74, 6) is 0.779. The molecule has 0 saturated carbocycles. The van der Waals surface area contributed by atoms with E-state index in [9.17, 15) is 0 Å². The van der Waals surface area contributed by atoms with Crippen LogP contribution >= 0.6 is 0 Å². The fourth-order valence-corrected chi connectivity index (χ4v) is 3.09. The third kappa shape index (κ3) is 2.38. The SMILES string of the molecule is NC1CCN(CC2CCOCC2)c2ccccc21. The van der Waals surface area contributed by atoms with Gasteiger partial charge < -0.3 is 15.4 Å². The van der Waals surface area contributed by atoms with Crippen molar-refractivity contribution in [3.8, 4) is 0 Å². The molecule has 1 unspecified atom stereocenters. The highest BCUT2D eigenvalue weighted by atomic mass is 16.5. The molecule has 1 fully saturated rings. The Morgan fingerprint density at radius 2 is 1.94 bits per heavy atom. The van der Waals surface area contributed by atoms with E-state index in [4.69, 9.17) is 10.5 Å². The first-order valence-electron chi connectivity index (χ1n) is 7.02. The van der Waals surface area contributed by atoms with Gasteiger partial charge in [0.25, 0.3) is 0 Å². The van der Waals surface area contributed by atoms with Gasteiger partial charge in [-0.3, -0.25) is 0 Å². The third-order valence-corrected chi connectivity index (χ3v) is 4.21. The van der Waals surface area contributed by atoms with Crippen molar-refractivity contribution in [1.29, 1.82) is 0 Å². The minimum atomic E-state index is 0.215. The van der Waals surface area contributed by atoms with Crippen molar-refractivity contribution in [2.24, 2.45) is 11.7 Å². The Morgan fingerprint density at radius 1 is 1.17 bits per heavy atom. The number of benzene rings is 1. The molecule has 0 aromatic heterocycles. The number of ether oxygens (including phenoxy) is 1. The summed E-state index contributed by atoms with van der Waals surface area (Å²) in [6.07, 6.45) is 3.47. The molecule has 2 N–H and O–H groups in total. The molecule has 0 spiro atoms. The maximum absolute atomic E-state index is 6.20. The van der Waals surface area contributed by atoms with Gasteiger partial charge in [-0.1, -0.05) is 18.2 Å². The first-order valence-corrected chi connectivity index (χ1v) is 7.02. The van der Waals surface area contributed by atoms with Crippen LogP contribution in [-0.2, 0) is 4.74 Å². The smallest absolute Gasteiger partial charge is 0.0469 e. The summed E-state index contributed by atoms with van der Waals surface area (Å²) in [7, 11) is 0. The number of hydrogen-bond acceptors (Lipinski definition) is 3. The van der Waals surface area contributed by atoms with Gasteiger partial charge >= 0.3 is 0 Å². The van der Waals surface area contributed by atoms with Crippen LogP contribution in [0.3, 0.4) is 0 Å². The lowest BCUT2D eigenvalue weighted by molar-refractivity contribution is 0.0681. The van der Waals surface area contributed by atoms with Gasteiger partial charge in [0.2, 0.25) is 0 Å². The zero-order valence-corrected chi connectivity index (χ0v) is 10.8. The van der Waals surface area contributed by atoms with E-state index in [1.54, 1.807) is 0 Å². The summed E-state index contributed by atoms with van der Waals surface area (Å²) in [6.45, 7) is 4.11. The van der Waals surface area contributed by atoms with Crippen molar-refractivity contribution in [3.63, 3.8) is 0 Å². The van der Waals surface area contributed by atoms with Crippen LogP contribution in [0.25, 0.3) is 0 Å². The van der Waals surface area contributed by atoms with E-state index >= 15 is 0 Å². The van der Waals surface area contributed by atoms with Crippen LogP contribution in [-0.4, -0.2) is 26.3 Å². The van der Waals surface area contributed by atoms with Gasteiger partial charge in [0, 0.05) is 38.0 Å². The van der Waals surface area contributed by atoms with Crippen LogP contribution in [0.5, 0.6) is 0 Å². The predicted molar refractivity (Wildman–Crippen MR) is 73.7 cm³/mol. The minimum absolute atomic E-state index is 0.215. The van der Waals surface area contributed by atoms with Crippen LogP contribution in [0.15, 0.2) is 24.3 Å². The molecule has 3 rings (SSSR count). The second-order valence-corrected chi connectivity index (χ2v) is 5.46. The molecule has 0 aliphatic carbocycles. The van der Waals surface area contributed by atoms with Crippen molar-refractivity contribution in [2.45, 2.75) is 25.3 Å². The second-order valence-electron chi connectivity index (χ2n) is 5.46. The average molecular weight is 246 g/mol. The molecular weight excluding hydrogens is 224 g/mol. The molecule has 1 atom stereocenters. The molecule has 18 heavy (non-hydrogen) atoms. The van der Waals surface area contributed by atoms with Gasteiger partial charge in [0.1, 0.15) is 0 Å². The Morgan fingerprint density at radius 3 is 2.78 bits per heavy atom. The fourth-order valence-electron chi connectivity index (χ4n) is 3.09. The third-order valence-electron chi connectivity index (χ3n) is 4.21. The predicted octanol–water partition coefficient (Wildman–Crippen LogP) is 2.32. The Labute approximate surface area is 109 Å². The first-order chi connectivity index (χ1) is 8.84. The van der Waals surface area contributed by atoms with Gasteiger partial charge in [-0.05, 0) is 36.8 Å². The van der Waals surface area contributed by atoms with Crippen LogP contribution in [0.1, 0.15) is 30.9 Å². The molecule has 0 amide bonds. The van der Waals surface area contributed by atoms with Gasteiger partial charge in [-0.15, -0.1) is 0 Å². The monoisotopic (exact) mass is 246 g/mol. The summed E-state index contributed by atoms with van der Waals surface area (Å²) >= 11 is 0. The highest BCUT2D eigenvalue weighted by Gasteiger charge is 2.24. The van der Waals surface area contributed by atoms with Gasteiger partial charge in [-0.2, -0.15) is 0 Å². The van der Waals surface area contributed by atoms with E-state index in [1.165, 1.54) is 24.1 Å². The Hall–Kier alpha value is -1.06. The highest BCUT2D eigenvalue weighted by Crippen LogP contribution is 2.33. The lowest BCUT2D eigenvalue weighted by atomic mass is 9.94.